The van der Waals surface area contributed by atoms with E-state index in [1.165, 1.54) is 11.8 Å². The molecule has 1 fully saturated rings. The molecule has 1 aliphatic rings. The molecule has 1 saturated heterocycles. The molecule has 4 aromatic rings. The summed E-state index contributed by atoms with van der Waals surface area (Å²) in [7, 11) is 1.68. The number of piperazine rings is 1. The van der Waals surface area contributed by atoms with Crippen molar-refractivity contribution in [3.63, 3.8) is 0 Å². The zero-order valence-corrected chi connectivity index (χ0v) is 19.1. The van der Waals surface area contributed by atoms with E-state index >= 15 is 0 Å². The first kappa shape index (κ1) is 21.8. The highest BCUT2D eigenvalue weighted by atomic mass is 16.5. The van der Waals surface area contributed by atoms with Crippen LogP contribution in [0.3, 0.4) is 0 Å². The molecule has 174 valence electrons. The third-order valence-electron chi connectivity index (χ3n) is 5.94. The van der Waals surface area contributed by atoms with E-state index in [4.69, 9.17) is 9.15 Å². The second-order valence-electron chi connectivity index (χ2n) is 8.22. The number of oxazole rings is 1. The van der Waals surface area contributed by atoms with Crippen molar-refractivity contribution in [3.8, 4) is 11.4 Å². The molecule has 2 aromatic heterocycles. The van der Waals surface area contributed by atoms with Gasteiger partial charge in [0.25, 0.3) is 11.9 Å². The molecule has 3 heterocycles. The predicted octanol–water partition coefficient (Wildman–Crippen LogP) is 4.05. The van der Waals surface area contributed by atoms with Crippen LogP contribution in [0.1, 0.15) is 16.1 Å². The Labute approximate surface area is 198 Å². The van der Waals surface area contributed by atoms with Crippen LogP contribution in [0.4, 0.5) is 11.7 Å². The predicted molar refractivity (Wildman–Crippen MR) is 131 cm³/mol. The molecular formula is C26H27N5O3. The Morgan fingerprint density at radius 3 is 2.53 bits per heavy atom. The number of amides is 1. The Morgan fingerprint density at radius 2 is 1.79 bits per heavy atom. The van der Waals surface area contributed by atoms with Gasteiger partial charge >= 0.3 is 0 Å². The maximum absolute atomic E-state index is 12.7. The summed E-state index contributed by atoms with van der Waals surface area (Å²) in [6, 6.07) is 20.2. The molecule has 0 bridgehead atoms. The van der Waals surface area contributed by atoms with Gasteiger partial charge in [0.1, 0.15) is 12.0 Å². The van der Waals surface area contributed by atoms with Crippen molar-refractivity contribution in [1.29, 1.82) is 0 Å². The minimum absolute atomic E-state index is 0.267. The van der Waals surface area contributed by atoms with E-state index in [1.807, 2.05) is 65.5 Å². The van der Waals surface area contributed by atoms with Gasteiger partial charge in [0, 0.05) is 56.5 Å². The maximum atomic E-state index is 12.7. The molecule has 2 aromatic carbocycles. The number of carbonyl (C=O) groups is 1. The normalized spacial score (nSPS) is 14.2. The molecule has 0 spiro atoms. The summed E-state index contributed by atoms with van der Waals surface area (Å²) in [6.07, 6.45) is 5.37. The van der Waals surface area contributed by atoms with Crippen LogP contribution in [-0.2, 0) is 6.54 Å². The summed E-state index contributed by atoms with van der Waals surface area (Å²) in [6.45, 7) is 4.20. The fraction of sp³-hybridized carbons (Fsp3) is 0.231. The van der Waals surface area contributed by atoms with Crippen molar-refractivity contribution in [2.24, 2.45) is 0 Å². The number of anilines is 2. The molecule has 0 radical (unpaired) electrons. The van der Waals surface area contributed by atoms with Crippen molar-refractivity contribution in [3.05, 3.63) is 90.6 Å². The largest absolute Gasteiger partial charge is 0.497 e. The van der Waals surface area contributed by atoms with Crippen molar-refractivity contribution in [2.75, 3.05) is 43.5 Å². The van der Waals surface area contributed by atoms with E-state index in [2.05, 4.69) is 32.2 Å². The smallest absolute Gasteiger partial charge is 0.298 e. The lowest BCUT2D eigenvalue weighted by Gasteiger charge is -2.33. The summed E-state index contributed by atoms with van der Waals surface area (Å²) in [4.78, 5) is 21.5. The van der Waals surface area contributed by atoms with Gasteiger partial charge in [-0.2, -0.15) is 4.98 Å². The average molecular weight is 458 g/mol. The van der Waals surface area contributed by atoms with Gasteiger partial charge in [-0.25, -0.2) is 0 Å². The molecular weight excluding hydrogens is 430 g/mol. The SMILES string of the molecule is COc1cccc(CN2CCN(c3nc(C(=O)Nc4ccc(-n5cccc5)cc4)co3)CC2)c1. The molecule has 8 heteroatoms. The zero-order chi connectivity index (χ0) is 23.3. The Morgan fingerprint density at radius 1 is 1.03 bits per heavy atom. The van der Waals surface area contributed by atoms with E-state index in [1.54, 1.807) is 7.11 Å². The van der Waals surface area contributed by atoms with Crippen molar-refractivity contribution < 1.29 is 13.9 Å². The fourth-order valence-electron chi connectivity index (χ4n) is 4.06. The molecule has 1 aliphatic heterocycles. The Kier molecular flexibility index (Phi) is 6.31. The number of nitrogens with zero attached hydrogens (tertiary/aromatic N) is 4. The number of benzene rings is 2. The number of methoxy groups -OCH3 is 1. The minimum atomic E-state index is -0.291. The van der Waals surface area contributed by atoms with Gasteiger partial charge in [0.15, 0.2) is 5.69 Å². The average Bonchev–Trinajstić information content (AvgIpc) is 3.58. The molecule has 1 amide bonds. The number of aromatic nitrogens is 2. The highest BCUT2D eigenvalue weighted by Gasteiger charge is 2.22. The van der Waals surface area contributed by atoms with Crippen LogP contribution in [-0.4, -0.2) is 53.6 Å². The lowest BCUT2D eigenvalue weighted by atomic mass is 10.2. The third-order valence-corrected chi connectivity index (χ3v) is 5.94. The first-order valence-electron chi connectivity index (χ1n) is 11.3. The second kappa shape index (κ2) is 9.84. The maximum Gasteiger partial charge on any atom is 0.298 e. The second-order valence-corrected chi connectivity index (χ2v) is 8.22. The molecule has 0 saturated carbocycles. The van der Waals surface area contributed by atoms with Gasteiger partial charge < -0.3 is 23.9 Å². The summed E-state index contributed by atoms with van der Waals surface area (Å²) < 4.78 is 13.0. The van der Waals surface area contributed by atoms with E-state index in [9.17, 15) is 4.79 Å². The minimum Gasteiger partial charge on any atom is -0.497 e. The molecule has 0 atom stereocenters. The first-order valence-corrected chi connectivity index (χ1v) is 11.3. The van der Waals surface area contributed by atoms with Crippen molar-refractivity contribution in [2.45, 2.75) is 6.54 Å². The van der Waals surface area contributed by atoms with Gasteiger partial charge in [-0.3, -0.25) is 9.69 Å². The molecule has 8 nitrogen and oxygen atoms in total. The summed E-state index contributed by atoms with van der Waals surface area (Å²) >= 11 is 0. The topological polar surface area (TPSA) is 75.8 Å². The van der Waals surface area contributed by atoms with Crippen LogP contribution >= 0.6 is 0 Å². The molecule has 0 unspecified atom stereocenters. The zero-order valence-electron chi connectivity index (χ0n) is 19.1. The number of ether oxygens (including phenoxy) is 1. The van der Waals surface area contributed by atoms with Gasteiger partial charge in [0.2, 0.25) is 0 Å². The number of hydrogen-bond acceptors (Lipinski definition) is 6. The van der Waals surface area contributed by atoms with E-state index in [0.717, 1.165) is 44.2 Å². The fourth-order valence-corrected chi connectivity index (χ4v) is 4.06. The summed E-state index contributed by atoms with van der Waals surface area (Å²) in [5.74, 6) is 0.582. The van der Waals surface area contributed by atoms with Crippen molar-refractivity contribution in [1.82, 2.24) is 14.5 Å². The summed E-state index contributed by atoms with van der Waals surface area (Å²) in [5, 5.41) is 2.88. The number of nitrogens with one attached hydrogen (secondary N) is 1. The van der Waals surface area contributed by atoms with Crippen LogP contribution < -0.4 is 15.0 Å². The Bertz CT molecular complexity index is 1230. The van der Waals surface area contributed by atoms with Gasteiger partial charge in [0.05, 0.1) is 7.11 Å². The third kappa shape index (κ3) is 4.97. The monoisotopic (exact) mass is 457 g/mol. The molecule has 1 N–H and O–H groups in total. The lowest BCUT2D eigenvalue weighted by molar-refractivity contribution is 0.102. The van der Waals surface area contributed by atoms with Gasteiger partial charge in [-0.05, 0) is 54.1 Å². The number of hydrogen-bond donors (Lipinski definition) is 1. The number of carbonyl (C=O) groups excluding carboxylic acids is 1. The quantitative estimate of drug-likeness (QED) is 0.451. The van der Waals surface area contributed by atoms with Crippen molar-refractivity contribution >= 4 is 17.6 Å². The highest BCUT2D eigenvalue weighted by molar-refractivity contribution is 6.02. The van der Waals surface area contributed by atoms with Crippen LogP contribution in [0.2, 0.25) is 0 Å². The Hall–Kier alpha value is -4.04. The van der Waals surface area contributed by atoms with Gasteiger partial charge in [-0.15, -0.1) is 0 Å². The first-order chi connectivity index (χ1) is 16.7. The van der Waals surface area contributed by atoms with Gasteiger partial charge in [-0.1, -0.05) is 12.1 Å². The Balaban J connectivity index is 1.14. The van der Waals surface area contributed by atoms with Crippen LogP contribution in [0.5, 0.6) is 5.75 Å². The highest BCUT2D eigenvalue weighted by Crippen LogP contribution is 2.20. The van der Waals surface area contributed by atoms with Crippen LogP contribution in [0.15, 0.2) is 83.7 Å². The van der Waals surface area contributed by atoms with E-state index in [0.29, 0.717) is 11.7 Å². The van der Waals surface area contributed by atoms with E-state index < -0.39 is 0 Å². The standard InChI is InChI=1S/C26H27N5O3/c1-33-23-6-4-5-20(17-23)18-29-13-15-31(16-14-29)26-28-24(19-34-26)25(32)27-21-7-9-22(10-8-21)30-11-2-3-12-30/h2-12,17,19H,13-16,18H2,1H3,(H,27,32). The number of rotatable bonds is 7. The molecule has 5 rings (SSSR count). The molecule has 0 aliphatic carbocycles. The lowest BCUT2D eigenvalue weighted by Crippen LogP contribution is -2.46. The van der Waals surface area contributed by atoms with Crippen LogP contribution in [0, 0.1) is 0 Å². The molecule has 34 heavy (non-hydrogen) atoms. The van der Waals surface area contributed by atoms with E-state index in [-0.39, 0.29) is 11.6 Å². The summed E-state index contributed by atoms with van der Waals surface area (Å²) in [5.41, 5.74) is 3.22. The van der Waals surface area contributed by atoms with Crippen LogP contribution in [0.25, 0.3) is 5.69 Å².